The Morgan fingerprint density at radius 1 is 1.42 bits per heavy atom. The molecule has 0 saturated heterocycles. The van der Waals surface area contributed by atoms with E-state index in [0.717, 1.165) is 29.1 Å². The third-order valence-electron chi connectivity index (χ3n) is 4.06. The maximum atomic E-state index is 12.4. The average Bonchev–Trinajstić information content (AvgIpc) is 3.24. The lowest BCUT2D eigenvalue weighted by Gasteiger charge is -2.33. The van der Waals surface area contributed by atoms with Gasteiger partial charge in [0, 0.05) is 29.3 Å². The van der Waals surface area contributed by atoms with Gasteiger partial charge < -0.3 is 10.6 Å². The van der Waals surface area contributed by atoms with Crippen molar-refractivity contribution in [2.45, 2.75) is 31.8 Å². The number of aromatic nitrogens is 3. The fraction of sp³-hybridized carbons (Fsp3) is 0.333. The molecule has 0 spiro atoms. The lowest BCUT2D eigenvalue weighted by molar-refractivity contribution is -0.116. The molecule has 0 saturated carbocycles. The van der Waals surface area contributed by atoms with Crippen molar-refractivity contribution >= 4 is 34.7 Å². The number of hydrogen-bond donors (Lipinski definition) is 3. The predicted octanol–water partition coefficient (Wildman–Crippen LogP) is 2.32. The number of rotatable bonds is 3. The van der Waals surface area contributed by atoms with Gasteiger partial charge in [-0.25, -0.2) is 9.98 Å². The number of carbonyl (C=O) groups excluding carboxylic acids is 1. The van der Waals surface area contributed by atoms with Gasteiger partial charge in [0.25, 0.3) is 0 Å². The van der Waals surface area contributed by atoms with Crippen molar-refractivity contribution in [3.63, 3.8) is 0 Å². The van der Waals surface area contributed by atoms with Crippen molar-refractivity contribution in [3.8, 4) is 0 Å². The van der Waals surface area contributed by atoms with Gasteiger partial charge in [0.1, 0.15) is 11.0 Å². The number of guanidine groups is 1. The average molecular weight is 363 g/mol. The zero-order valence-corrected chi connectivity index (χ0v) is 14.2. The molecule has 4 rings (SSSR count). The second-order valence-corrected chi connectivity index (χ2v) is 6.98. The Bertz CT molecular complexity index is 825. The highest BCUT2D eigenvalue weighted by Crippen LogP contribution is 2.35. The van der Waals surface area contributed by atoms with Crippen LogP contribution in [-0.2, 0) is 11.3 Å². The van der Waals surface area contributed by atoms with Crippen LogP contribution in [0.25, 0.3) is 0 Å². The first-order valence-corrected chi connectivity index (χ1v) is 8.89. The number of thiazole rings is 1. The van der Waals surface area contributed by atoms with E-state index in [9.17, 15) is 4.79 Å². The molecule has 0 radical (unpaired) electrons. The number of nitrogens with zero attached hydrogens (tertiary/aromatic N) is 3. The summed E-state index contributed by atoms with van der Waals surface area (Å²) in [5, 5.41) is 16.7. The van der Waals surface area contributed by atoms with Crippen LogP contribution in [-0.4, -0.2) is 26.9 Å². The Morgan fingerprint density at radius 3 is 3.08 bits per heavy atom. The van der Waals surface area contributed by atoms with E-state index in [1.54, 1.807) is 23.7 Å². The lowest BCUT2D eigenvalue weighted by Crippen LogP contribution is -2.48. The van der Waals surface area contributed by atoms with E-state index >= 15 is 0 Å². The summed E-state index contributed by atoms with van der Waals surface area (Å²) in [7, 11) is 0. The number of ketones is 1. The molecule has 1 aliphatic carbocycles. The van der Waals surface area contributed by atoms with Crippen LogP contribution in [0.5, 0.6) is 0 Å². The van der Waals surface area contributed by atoms with Crippen molar-refractivity contribution in [1.29, 1.82) is 0 Å². The maximum Gasteiger partial charge on any atom is 0.196 e. The summed E-state index contributed by atoms with van der Waals surface area (Å²) in [6, 6.07) is -0.362. The molecular formula is C15H15ClN6OS. The molecule has 3 heterocycles. The van der Waals surface area contributed by atoms with Crippen molar-refractivity contribution in [1.82, 2.24) is 25.8 Å². The number of aliphatic imine (C=N–C) groups is 1. The number of carbonyl (C=O) groups is 1. The monoisotopic (exact) mass is 362 g/mol. The second kappa shape index (κ2) is 6.37. The van der Waals surface area contributed by atoms with E-state index in [1.165, 1.54) is 0 Å². The molecule has 124 valence electrons. The molecule has 2 aliphatic rings. The fourth-order valence-electron chi connectivity index (χ4n) is 2.98. The van der Waals surface area contributed by atoms with Crippen LogP contribution in [0, 0.1) is 0 Å². The zero-order chi connectivity index (χ0) is 16.5. The van der Waals surface area contributed by atoms with Crippen molar-refractivity contribution in [2.24, 2.45) is 4.99 Å². The Balaban J connectivity index is 1.69. The fourth-order valence-corrected chi connectivity index (χ4v) is 3.72. The van der Waals surface area contributed by atoms with Crippen molar-refractivity contribution in [2.75, 3.05) is 0 Å². The molecule has 3 N–H and O–H groups in total. The number of halogens is 1. The number of hydrogen-bond acceptors (Lipinski definition) is 5. The minimum absolute atomic E-state index is 0.130. The highest BCUT2D eigenvalue weighted by Gasteiger charge is 2.35. The van der Waals surface area contributed by atoms with E-state index in [1.807, 2.05) is 5.38 Å². The lowest BCUT2D eigenvalue weighted by atomic mass is 9.87. The standard InChI is InChI=1S/C15H15ClN6OS/c16-8-6-19-22-13(8)14-12-9(2-1-3-10(12)23)20-15(21-14)18-7-11-17-4-5-24-11/h4-6,14H,1-3,7H2,(H,19,22)(H2,18,20,21). The number of allylic oxidation sites excluding steroid dienone is 1. The topological polar surface area (TPSA) is 95.1 Å². The van der Waals surface area contributed by atoms with Crippen LogP contribution in [0.2, 0.25) is 5.02 Å². The first-order chi connectivity index (χ1) is 11.7. The van der Waals surface area contributed by atoms with Crippen LogP contribution in [0.3, 0.4) is 0 Å². The summed E-state index contributed by atoms with van der Waals surface area (Å²) in [6.45, 7) is 0.479. The van der Waals surface area contributed by atoms with Gasteiger partial charge in [-0.05, 0) is 12.8 Å². The molecule has 1 aliphatic heterocycles. The summed E-state index contributed by atoms with van der Waals surface area (Å²) >= 11 is 7.78. The summed E-state index contributed by atoms with van der Waals surface area (Å²) in [6.07, 6.45) is 5.52. The van der Waals surface area contributed by atoms with Gasteiger partial charge in [-0.1, -0.05) is 11.6 Å². The minimum atomic E-state index is -0.362. The van der Waals surface area contributed by atoms with Crippen LogP contribution in [0.15, 0.2) is 34.0 Å². The van der Waals surface area contributed by atoms with Crippen LogP contribution in [0.1, 0.15) is 36.0 Å². The Kier molecular flexibility index (Phi) is 4.07. The Hall–Kier alpha value is -2.19. The van der Waals surface area contributed by atoms with Gasteiger partial charge in [0.05, 0.1) is 23.5 Å². The molecule has 9 heteroatoms. The van der Waals surface area contributed by atoms with Crippen molar-refractivity contribution < 1.29 is 4.79 Å². The largest absolute Gasteiger partial charge is 0.343 e. The number of nitrogens with one attached hydrogen (secondary N) is 3. The predicted molar refractivity (Wildman–Crippen MR) is 91.7 cm³/mol. The van der Waals surface area contributed by atoms with E-state index in [2.05, 4.69) is 30.8 Å². The molecule has 0 bridgehead atoms. The molecule has 2 aromatic rings. The third kappa shape index (κ3) is 2.83. The summed E-state index contributed by atoms with van der Waals surface area (Å²) in [4.78, 5) is 21.2. The van der Waals surface area contributed by atoms with Gasteiger partial charge >= 0.3 is 0 Å². The number of Topliss-reactive ketones (excluding diaryl/α,β-unsaturated/α-hetero) is 1. The normalized spacial score (nSPS) is 22.3. The van der Waals surface area contributed by atoms with Gasteiger partial charge in [-0.15, -0.1) is 11.3 Å². The highest BCUT2D eigenvalue weighted by molar-refractivity contribution is 7.09. The van der Waals surface area contributed by atoms with Crippen LogP contribution >= 0.6 is 22.9 Å². The molecule has 1 unspecified atom stereocenters. The number of H-pyrrole nitrogens is 1. The van der Waals surface area contributed by atoms with E-state index in [4.69, 9.17) is 11.6 Å². The summed E-state index contributed by atoms with van der Waals surface area (Å²) < 4.78 is 0. The van der Waals surface area contributed by atoms with Gasteiger partial charge in [0.15, 0.2) is 11.7 Å². The van der Waals surface area contributed by atoms with Gasteiger partial charge in [0.2, 0.25) is 0 Å². The van der Waals surface area contributed by atoms with E-state index in [0.29, 0.717) is 29.6 Å². The quantitative estimate of drug-likeness (QED) is 0.778. The van der Waals surface area contributed by atoms with Crippen LogP contribution in [0.4, 0.5) is 0 Å². The molecule has 0 aromatic carbocycles. The maximum absolute atomic E-state index is 12.4. The van der Waals surface area contributed by atoms with E-state index in [-0.39, 0.29) is 11.8 Å². The minimum Gasteiger partial charge on any atom is -0.343 e. The Labute approximate surface area is 147 Å². The molecular weight excluding hydrogens is 348 g/mol. The van der Waals surface area contributed by atoms with E-state index < -0.39 is 0 Å². The van der Waals surface area contributed by atoms with Gasteiger partial charge in [-0.3, -0.25) is 9.89 Å². The third-order valence-corrected chi connectivity index (χ3v) is 5.13. The zero-order valence-electron chi connectivity index (χ0n) is 12.7. The first-order valence-electron chi connectivity index (χ1n) is 7.64. The molecule has 7 nitrogen and oxygen atoms in total. The van der Waals surface area contributed by atoms with Crippen molar-refractivity contribution in [3.05, 3.63) is 44.8 Å². The van der Waals surface area contributed by atoms with Gasteiger partial charge in [-0.2, -0.15) is 5.10 Å². The van der Waals surface area contributed by atoms with Crippen LogP contribution < -0.4 is 10.6 Å². The molecule has 0 fully saturated rings. The molecule has 0 amide bonds. The molecule has 24 heavy (non-hydrogen) atoms. The highest BCUT2D eigenvalue weighted by atomic mass is 35.5. The molecule has 2 aromatic heterocycles. The number of aromatic amines is 1. The first kappa shape index (κ1) is 15.3. The molecule has 1 atom stereocenters. The SMILES string of the molecule is O=C1CCCC2=C1C(c1[nH]ncc1Cl)NC(=NCc1nccs1)N2. The Morgan fingerprint density at radius 2 is 2.33 bits per heavy atom. The summed E-state index contributed by atoms with van der Waals surface area (Å²) in [5.41, 5.74) is 2.32. The smallest absolute Gasteiger partial charge is 0.196 e. The second-order valence-electron chi connectivity index (χ2n) is 5.59. The summed E-state index contributed by atoms with van der Waals surface area (Å²) in [5.74, 6) is 0.750.